The topological polar surface area (TPSA) is 57.7 Å². The molecule has 2 saturated heterocycles. The van der Waals surface area contributed by atoms with Crippen molar-refractivity contribution < 1.29 is 9.53 Å². The summed E-state index contributed by atoms with van der Waals surface area (Å²) in [6, 6.07) is 6.10. The smallest absolute Gasteiger partial charge is 0.236 e. The van der Waals surface area contributed by atoms with E-state index in [4.69, 9.17) is 4.74 Å². The van der Waals surface area contributed by atoms with Gasteiger partial charge in [0.15, 0.2) is 0 Å². The number of pyridine rings is 1. The van der Waals surface area contributed by atoms with Gasteiger partial charge in [0.05, 0.1) is 24.8 Å². The van der Waals surface area contributed by atoms with Gasteiger partial charge in [-0.1, -0.05) is 6.07 Å². The monoisotopic (exact) mass is 304 g/mol. The maximum Gasteiger partial charge on any atom is 0.236 e. The summed E-state index contributed by atoms with van der Waals surface area (Å²) >= 11 is 0. The molecule has 1 aromatic heterocycles. The molecule has 6 heteroatoms. The number of carbonyl (C=O) groups is 1. The van der Waals surface area contributed by atoms with E-state index < -0.39 is 0 Å². The fourth-order valence-electron chi connectivity index (χ4n) is 3.31. The third-order valence-electron chi connectivity index (χ3n) is 4.35. The van der Waals surface area contributed by atoms with Crippen LogP contribution in [0.5, 0.6) is 0 Å². The first-order valence-corrected chi connectivity index (χ1v) is 7.80. The van der Waals surface area contributed by atoms with Crippen molar-refractivity contribution in [1.82, 2.24) is 14.8 Å². The van der Waals surface area contributed by atoms with E-state index in [9.17, 15) is 4.79 Å². The summed E-state index contributed by atoms with van der Waals surface area (Å²) in [5.41, 5.74) is -0.172. The summed E-state index contributed by atoms with van der Waals surface area (Å²) in [6.07, 6.45) is 3.63. The molecule has 1 aromatic rings. The minimum absolute atomic E-state index is 0.172. The zero-order valence-corrected chi connectivity index (χ0v) is 13.3. The van der Waals surface area contributed by atoms with E-state index >= 15 is 0 Å². The van der Waals surface area contributed by atoms with Crippen LogP contribution in [-0.4, -0.2) is 72.7 Å². The molecule has 6 nitrogen and oxygen atoms in total. The summed E-state index contributed by atoms with van der Waals surface area (Å²) in [6.45, 7) is 2.64. The molecule has 2 fully saturated rings. The molecule has 0 saturated carbocycles. The highest BCUT2D eigenvalue weighted by Gasteiger charge is 2.46. The third kappa shape index (κ3) is 3.39. The lowest BCUT2D eigenvalue weighted by atomic mass is 9.97. The van der Waals surface area contributed by atoms with Crippen LogP contribution in [0.1, 0.15) is 12.8 Å². The molecule has 3 rings (SSSR count). The van der Waals surface area contributed by atoms with Crippen LogP contribution in [-0.2, 0) is 9.53 Å². The van der Waals surface area contributed by atoms with Gasteiger partial charge in [-0.05, 0) is 32.6 Å². The van der Waals surface area contributed by atoms with Crippen LogP contribution in [0.25, 0.3) is 0 Å². The van der Waals surface area contributed by atoms with Crippen molar-refractivity contribution in [3.63, 3.8) is 0 Å². The molecule has 22 heavy (non-hydrogen) atoms. The van der Waals surface area contributed by atoms with Crippen LogP contribution in [0.4, 0.5) is 5.82 Å². The van der Waals surface area contributed by atoms with Gasteiger partial charge < -0.3 is 19.9 Å². The van der Waals surface area contributed by atoms with E-state index in [1.165, 1.54) is 0 Å². The van der Waals surface area contributed by atoms with Crippen molar-refractivity contribution in [2.24, 2.45) is 0 Å². The Morgan fingerprint density at radius 2 is 2.41 bits per heavy atom. The zero-order valence-electron chi connectivity index (χ0n) is 13.3. The first kappa shape index (κ1) is 15.2. The molecule has 0 bridgehead atoms. The lowest BCUT2D eigenvalue weighted by Crippen LogP contribution is -2.40. The summed E-state index contributed by atoms with van der Waals surface area (Å²) in [5.74, 6) is 1.07. The Labute approximate surface area is 131 Å². The minimum atomic E-state index is -0.172. The van der Waals surface area contributed by atoms with Gasteiger partial charge in [0.25, 0.3) is 0 Å². The number of ether oxygens (including phenoxy) is 1. The second-order valence-corrected chi connectivity index (χ2v) is 6.56. The Bertz CT molecular complexity index is 522. The maximum absolute atomic E-state index is 12.2. The van der Waals surface area contributed by atoms with Crippen molar-refractivity contribution in [2.45, 2.75) is 24.5 Å². The number of rotatable bonds is 4. The fourth-order valence-corrected chi connectivity index (χ4v) is 3.31. The molecule has 0 aromatic carbocycles. The number of likely N-dealkylation sites (tertiary alicyclic amines) is 1. The summed E-state index contributed by atoms with van der Waals surface area (Å²) < 4.78 is 6.07. The average molecular weight is 304 g/mol. The van der Waals surface area contributed by atoms with E-state index in [2.05, 4.69) is 10.3 Å². The number of hydrogen-bond donors (Lipinski definition) is 1. The Kier molecular flexibility index (Phi) is 4.31. The number of carbonyl (C=O) groups excluding carboxylic acids is 1. The first-order valence-electron chi connectivity index (χ1n) is 7.80. The Balaban J connectivity index is 1.55. The molecule has 3 heterocycles. The number of aromatic nitrogens is 1. The summed E-state index contributed by atoms with van der Waals surface area (Å²) in [5, 5.41) is 3.42. The summed E-state index contributed by atoms with van der Waals surface area (Å²) in [4.78, 5) is 20.3. The molecule has 1 amide bonds. The number of amides is 1. The molecule has 2 atom stereocenters. The number of hydrogen-bond acceptors (Lipinski definition) is 5. The van der Waals surface area contributed by atoms with Crippen LogP contribution >= 0.6 is 0 Å². The standard InChI is InChI=1S/C16H24N4O2/c1-19(2)10-15(21)20-8-6-16(12-20)9-13(11-22-16)18-14-5-3-4-7-17-14/h3-5,7,13H,6,8-12H2,1-2H3,(H,17,18). The Hall–Kier alpha value is -1.66. The van der Waals surface area contributed by atoms with Crippen molar-refractivity contribution in [3.8, 4) is 0 Å². The second-order valence-electron chi connectivity index (χ2n) is 6.56. The predicted octanol–water partition coefficient (Wildman–Crippen LogP) is 0.815. The number of anilines is 1. The van der Waals surface area contributed by atoms with E-state index in [1.54, 1.807) is 6.20 Å². The lowest BCUT2D eigenvalue weighted by Gasteiger charge is -2.24. The Morgan fingerprint density at radius 3 is 3.14 bits per heavy atom. The molecular weight excluding hydrogens is 280 g/mol. The van der Waals surface area contributed by atoms with E-state index in [1.807, 2.05) is 42.1 Å². The van der Waals surface area contributed by atoms with Gasteiger partial charge in [0.1, 0.15) is 5.82 Å². The van der Waals surface area contributed by atoms with Gasteiger partial charge in [0.2, 0.25) is 5.91 Å². The van der Waals surface area contributed by atoms with Gasteiger partial charge in [-0.25, -0.2) is 4.98 Å². The normalized spacial score (nSPS) is 27.8. The Morgan fingerprint density at radius 1 is 1.55 bits per heavy atom. The van der Waals surface area contributed by atoms with E-state index in [0.717, 1.165) is 25.2 Å². The van der Waals surface area contributed by atoms with Crippen molar-refractivity contribution in [3.05, 3.63) is 24.4 Å². The van der Waals surface area contributed by atoms with Gasteiger partial charge in [-0.3, -0.25) is 4.79 Å². The minimum Gasteiger partial charge on any atom is -0.371 e. The van der Waals surface area contributed by atoms with E-state index in [-0.39, 0.29) is 17.6 Å². The fraction of sp³-hybridized carbons (Fsp3) is 0.625. The first-order chi connectivity index (χ1) is 10.6. The maximum atomic E-state index is 12.2. The molecule has 1 N–H and O–H groups in total. The zero-order chi connectivity index (χ0) is 15.6. The number of likely N-dealkylation sites (N-methyl/N-ethyl adjacent to an activating group) is 1. The lowest BCUT2D eigenvalue weighted by molar-refractivity contribution is -0.131. The SMILES string of the molecule is CN(C)CC(=O)N1CCC2(CC(Nc3ccccn3)CO2)C1. The second kappa shape index (κ2) is 6.22. The quantitative estimate of drug-likeness (QED) is 0.892. The van der Waals surface area contributed by atoms with Crippen molar-refractivity contribution >= 4 is 11.7 Å². The molecule has 0 aliphatic carbocycles. The van der Waals surface area contributed by atoms with E-state index in [0.29, 0.717) is 19.7 Å². The third-order valence-corrected chi connectivity index (χ3v) is 4.35. The van der Waals surface area contributed by atoms with Gasteiger partial charge in [-0.15, -0.1) is 0 Å². The molecule has 2 aliphatic heterocycles. The van der Waals surface area contributed by atoms with Crippen LogP contribution in [0.15, 0.2) is 24.4 Å². The highest BCUT2D eigenvalue weighted by atomic mass is 16.5. The van der Waals surface area contributed by atoms with Crippen molar-refractivity contribution in [2.75, 3.05) is 45.7 Å². The summed E-state index contributed by atoms with van der Waals surface area (Å²) in [7, 11) is 3.84. The predicted molar refractivity (Wildman–Crippen MR) is 84.7 cm³/mol. The number of nitrogens with zero attached hydrogens (tertiary/aromatic N) is 3. The van der Waals surface area contributed by atoms with Gasteiger partial charge >= 0.3 is 0 Å². The molecule has 2 aliphatic rings. The molecule has 120 valence electrons. The molecular formula is C16H24N4O2. The highest BCUT2D eigenvalue weighted by Crippen LogP contribution is 2.36. The molecule has 2 unspecified atom stereocenters. The highest BCUT2D eigenvalue weighted by molar-refractivity contribution is 5.78. The molecule has 1 spiro atoms. The average Bonchev–Trinajstić information content (AvgIpc) is 3.07. The van der Waals surface area contributed by atoms with Crippen LogP contribution in [0.2, 0.25) is 0 Å². The van der Waals surface area contributed by atoms with Crippen LogP contribution in [0.3, 0.4) is 0 Å². The van der Waals surface area contributed by atoms with Crippen LogP contribution < -0.4 is 5.32 Å². The van der Waals surface area contributed by atoms with Crippen LogP contribution in [0, 0.1) is 0 Å². The van der Waals surface area contributed by atoms with Crippen molar-refractivity contribution in [1.29, 1.82) is 0 Å². The van der Waals surface area contributed by atoms with Gasteiger partial charge in [-0.2, -0.15) is 0 Å². The molecule has 0 radical (unpaired) electrons. The largest absolute Gasteiger partial charge is 0.371 e. The van der Waals surface area contributed by atoms with Gasteiger partial charge in [0, 0.05) is 25.7 Å². The number of nitrogens with one attached hydrogen (secondary N) is 1.